The van der Waals surface area contributed by atoms with Crippen LogP contribution in [0.25, 0.3) is 0 Å². The smallest absolute Gasteiger partial charge is 0.328 e. The van der Waals surface area contributed by atoms with Crippen molar-refractivity contribution in [3.8, 4) is 0 Å². The van der Waals surface area contributed by atoms with Gasteiger partial charge in [0.15, 0.2) is 0 Å². The molecule has 0 saturated carbocycles. The molecule has 6 nitrogen and oxygen atoms in total. The van der Waals surface area contributed by atoms with E-state index >= 15 is 0 Å². The standard InChI is InChI=1S/C24H19BrN2O4S/c25-19-11-4-5-12-20(19)27-24(31)23(16-7-2-1-3-8-16)32-18-10-6-9-17(15-18)26-21(28)13-14-22(29)30/h1-15,23H,(H,26,28)(H,27,31)(H,29,30)/b14-13+. The van der Waals surface area contributed by atoms with Gasteiger partial charge in [0.25, 0.3) is 0 Å². The maximum atomic E-state index is 13.2. The summed E-state index contributed by atoms with van der Waals surface area (Å²) in [7, 11) is 0. The van der Waals surface area contributed by atoms with Gasteiger partial charge >= 0.3 is 5.97 Å². The number of carbonyl (C=O) groups excluding carboxylic acids is 2. The predicted molar refractivity (Wildman–Crippen MR) is 130 cm³/mol. The molecule has 3 aromatic carbocycles. The zero-order chi connectivity index (χ0) is 22.9. The van der Waals surface area contributed by atoms with Gasteiger partial charge in [-0.15, -0.1) is 11.8 Å². The van der Waals surface area contributed by atoms with Gasteiger partial charge in [-0.3, -0.25) is 9.59 Å². The number of para-hydroxylation sites is 1. The highest BCUT2D eigenvalue weighted by molar-refractivity contribution is 9.10. The van der Waals surface area contributed by atoms with Crippen molar-refractivity contribution in [2.24, 2.45) is 0 Å². The first kappa shape index (κ1) is 23.3. The van der Waals surface area contributed by atoms with Gasteiger partial charge in [0.05, 0.1) is 5.69 Å². The summed E-state index contributed by atoms with van der Waals surface area (Å²) in [4.78, 5) is 36.4. The van der Waals surface area contributed by atoms with Crippen molar-refractivity contribution in [1.29, 1.82) is 0 Å². The molecule has 2 amide bonds. The van der Waals surface area contributed by atoms with Crippen LogP contribution >= 0.6 is 27.7 Å². The molecule has 0 heterocycles. The number of halogens is 1. The zero-order valence-electron chi connectivity index (χ0n) is 16.7. The molecule has 0 aromatic heterocycles. The second-order valence-corrected chi connectivity index (χ2v) is 8.60. The number of carbonyl (C=O) groups is 3. The van der Waals surface area contributed by atoms with Crippen LogP contribution in [0.3, 0.4) is 0 Å². The quantitative estimate of drug-likeness (QED) is 0.274. The van der Waals surface area contributed by atoms with Crippen molar-refractivity contribution in [1.82, 2.24) is 0 Å². The van der Waals surface area contributed by atoms with E-state index < -0.39 is 17.1 Å². The molecule has 32 heavy (non-hydrogen) atoms. The number of rotatable bonds is 8. The van der Waals surface area contributed by atoms with Gasteiger partial charge < -0.3 is 15.7 Å². The number of benzene rings is 3. The molecule has 0 spiro atoms. The van der Waals surface area contributed by atoms with Crippen molar-refractivity contribution in [2.45, 2.75) is 10.1 Å². The zero-order valence-corrected chi connectivity index (χ0v) is 19.1. The van der Waals surface area contributed by atoms with E-state index in [0.29, 0.717) is 11.4 Å². The molecule has 3 N–H and O–H groups in total. The molecule has 0 fully saturated rings. The molecule has 1 atom stereocenters. The van der Waals surface area contributed by atoms with Crippen LogP contribution in [0, 0.1) is 0 Å². The summed E-state index contributed by atoms with van der Waals surface area (Å²) in [6, 6.07) is 23.8. The molecule has 0 saturated heterocycles. The van der Waals surface area contributed by atoms with Gasteiger partial charge in [-0.1, -0.05) is 48.5 Å². The molecule has 0 aliphatic carbocycles. The van der Waals surface area contributed by atoms with Crippen molar-refractivity contribution in [3.05, 3.63) is 101 Å². The van der Waals surface area contributed by atoms with Gasteiger partial charge in [0, 0.05) is 27.2 Å². The number of anilines is 2. The molecule has 1 unspecified atom stereocenters. The summed E-state index contributed by atoms with van der Waals surface area (Å²) in [5.74, 6) is -1.95. The number of hydrogen-bond acceptors (Lipinski definition) is 4. The highest BCUT2D eigenvalue weighted by Gasteiger charge is 2.23. The summed E-state index contributed by atoms with van der Waals surface area (Å²) in [6.07, 6.45) is 1.71. The lowest BCUT2D eigenvalue weighted by Crippen LogP contribution is -2.19. The molecule has 3 rings (SSSR count). The Labute approximate surface area is 197 Å². The monoisotopic (exact) mass is 510 g/mol. The molecule has 8 heteroatoms. The minimum absolute atomic E-state index is 0.188. The van der Waals surface area contributed by atoms with Crippen LogP contribution in [0.5, 0.6) is 0 Å². The third-order valence-electron chi connectivity index (χ3n) is 4.20. The average Bonchev–Trinajstić information content (AvgIpc) is 2.78. The van der Waals surface area contributed by atoms with Crippen LogP contribution in [0.4, 0.5) is 11.4 Å². The third-order valence-corrected chi connectivity index (χ3v) is 6.14. The van der Waals surface area contributed by atoms with Crippen LogP contribution in [-0.4, -0.2) is 22.9 Å². The number of hydrogen-bond donors (Lipinski definition) is 3. The molecule has 0 aliphatic rings. The fourth-order valence-corrected chi connectivity index (χ4v) is 4.24. The lowest BCUT2D eigenvalue weighted by atomic mass is 10.1. The summed E-state index contributed by atoms with van der Waals surface area (Å²) in [5, 5.41) is 13.7. The van der Waals surface area contributed by atoms with Gasteiger partial charge in [0.1, 0.15) is 5.25 Å². The maximum Gasteiger partial charge on any atom is 0.328 e. The second-order valence-electron chi connectivity index (χ2n) is 6.57. The van der Waals surface area contributed by atoms with E-state index in [4.69, 9.17) is 5.11 Å². The topological polar surface area (TPSA) is 95.5 Å². The Kier molecular flexibility index (Phi) is 8.24. The Bertz CT molecular complexity index is 1150. The number of nitrogens with one attached hydrogen (secondary N) is 2. The van der Waals surface area contributed by atoms with E-state index in [1.165, 1.54) is 11.8 Å². The van der Waals surface area contributed by atoms with Gasteiger partial charge in [-0.2, -0.15) is 0 Å². The second kappa shape index (κ2) is 11.3. The third kappa shape index (κ3) is 6.83. The first-order chi connectivity index (χ1) is 15.4. The largest absolute Gasteiger partial charge is 0.478 e. The first-order valence-corrected chi connectivity index (χ1v) is 11.2. The first-order valence-electron chi connectivity index (χ1n) is 9.51. The Morgan fingerprint density at radius 2 is 1.59 bits per heavy atom. The fourth-order valence-electron chi connectivity index (χ4n) is 2.78. The van der Waals surface area contributed by atoms with Crippen LogP contribution in [0.15, 0.2) is 100 Å². The Morgan fingerprint density at radius 3 is 2.31 bits per heavy atom. The highest BCUT2D eigenvalue weighted by Crippen LogP contribution is 2.37. The molecule has 0 aliphatic heterocycles. The maximum absolute atomic E-state index is 13.2. The van der Waals surface area contributed by atoms with Crippen LogP contribution in [0.1, 0.15) is 10.8 Å². The van der Waals surface area contributed by atoms with E-state index in [0.717, 1.165) is 27.1 Å². The fraction of sp³-hybridized carbons (Fsp3) is 0.0417. The van der Waals surface area contributed by atoms with Gasteiger partial charge in [-0.05, 0) is 51.8 Å². The number of aliphatic carboxylic acids is 1. The minimum atomic E-state index is -1.20. The van der Waals surface area contributed by atoms with E-state index in [2.05, 4.69) is 26.6 Å². The predicted octanol–water partition coefficient (Wildman–Crippen LogP) is 5.50. The molecule has 0 radical (unpaired) electrons. The summed E-state index contributed by atoms with van der Waals surface area (Å²) in [5.41, 5.74) is 2.00. The van der Waals surface area contributed by atoms with Crippen LogP contribution < -0.4 is 10.6 Å². The minimum Gasteiger partial charge on any atom is -0.478 e. The van der Waals surface area contributed by atoms with Crippen LogP contribution in [0.2, 0.25) is 0 Å². The number of carboxylic acids is 1. The SMILES string of the molecule is O=C(O)/C=C/C(=O)Nc1cccc(SC(C(=O)Nc2ccccc2Br)c2ccccc2)c1. The lowest BCUT2D eigenvalue weighted by Gasteiger charge is -2.18. The Morgan fingerprint density at radius 1 is 0.875 bits per heavy atom. The van der Waals surface area contributed by atoms with Crippen molar-refractivity contribution >= 4 is 56.9 Å². The Balaban J connectivity index is 1.81. The van der Waals surface area contributed by atoms with Crippen molar-refractivity contribution in [2.75, 3.05) is 10.6 Å². The molecular formula is C24H19BrN2O4S. The summed E-state index contributed by atoms with van der Waals surface area (Å²) >= 11 is 4.79. The summed E-state index contributed by atoms with van der Waals surface area (Å²) < 4.78 is 0.782. The van der Waals surface area contributed by atoms with Gasteiger partial charge in [-0.25, -0.2) is 4.79 Å². The van der Waals surface area contributed by atoms with E-state index in [1.807, 2.05) is 60.7 Å². The van der Waals surface area contributed by atoms with Gasteiger partial charge in [0.2, 0.25) is 11.8 Å². The van der Waals surface area contributed by atoms with E-state index in [9.17, 15) is 14.4 Å². The van der Waals surface area contributed by atoms with Crippen molar-refractivity contribution in [3.63, 3.8) is 0 Å². The number of thioether (sulfide) groups is 1. The molecular weight excluding hydrogens is 492 g/mol. The Hall–Kier alpha value is -3.36. The number of carboxylic acid groups (broad SMARTS) is 1. The highest BCUT2D eigenvalue weighted by atomic mass is 79.9. The number of amides is 2. The van der Waals surface area contributed by atoms with E-state index in [-0.39, 0.29) is 5.91 Å². The van der Waals surface area contributed by atoms with E-state index in [1.54, 1.807) is 18.2 Å². The lowest BCUT2D eigenvalue weighted by molar-refractivity contribution is -0.131. The molecule has 3 aromatic rings. The van der Waals surface area contributed by atoms with Crippen molar-refractivity contribution < 1.29 is 19.5 Å². The molecule has 0 bridgehead atoms. The average molecular weight is 511 g/mol. The molecule has 162 valence electrons. The normalized spacial score (nSPS) is 11.7. The van der Waals surface area contributed by atoms with Crippen LogP contribution in [-0.2, 0) is 14.4 Å². The summed E-state index contributed by atoms with van der Waals surface area (Å²) in [6.45, 7) is 0.